The molecular weight excluding hydrogens is 487 g/mol. The highest BCUT2D eigenvalue weighted by Crippen LogP contribution is 2.31. The van der Waals surface area contributed by atoms with Crippen LogP contribution in [0.3, 0.4) is 0 Å². The predicted octanol–water partition coefficient (Wildman–Crippen LogP) is 5.60. The van der Waals surface area contributed by atoms with Crippen molar-refractivity contribution < 1.29 is 22.8 Å². The molecule has 1 N–H and O–H groups in total. The van der Waals surface area contributed by atoms with Crippen molar-refractivity contribution in [3.63, 3.8) is 0 Å². The molecule has 1 aliphatic heterocycles. The summed E-state index contributed by atoms with van der Waals surface area (Å²) in [5.41, 5.74) is 2.03. The third-order valence-electron chi connectivity index (χ3n) is 5.41. The minimum atomic E-state index is -4.43. The Hall–Kier alpha value is -3.43. The molecule has 0 radical (unpaired) electrons. The second-order valence-corrected chi connectivity index (χ2v) is 8.46. The number of rotatable bonds is 3. The van der Waals surface area contributed by atoms with E-state index in [1.807, 2.05) is 0 Å². The number of benzene rings is 2. The molecule has 0 spiro atoms. The summed E-state index contributed by atoms with van der Waals surface area (Å²) in [4.78, 5) is 27.0. The van der Waals surface area contributed by atoms with E-state index in [1.54, 1.807) is 48.7 Å². The van der Waals surface area contributed by atoms with Crippen LogP contribution in [0, 0.1) is 13.8 Å². The van der Waals surface area contributed by atoms with Crippen LogP contribution in [0.1, 0.15) is 22.5 Å². The molecule has 1 aromatic heterocycles. The van der Waals surface area contributed by atoms with Gasteiger partial charge in [-0.25, -0.2) is 0 Å². The number of hydrogen-bond acceptors (Lipinski definition) is 3. The molecule has 3 aromatic rings. The molecule has 0 aliphatic carbocycles. The van der Waals surface area contributed by atoms with Gasteiger partial charge in [-0.1, -0.05) is 11.6 Å². The smallest absolute Gasteiger partial charge is 0.318 e. The van der Waals surface area contributed by atoms with Gasteiger partial charge >= 0.3 is 6.18 Å². The molecule has 0 unspecified atom stereocenters. The number of halogens is 4. The van der Waals surface area contributed by atoms with Gasteiger partial charge in [0.1, 0.15) is 5.57 Å². The zero-order chi connectivity index (χ0) is 24.8. The molecule has 34 heavy (non-hydrogen) atoms. The van der Waals surface area contributed by atoms with E-state index in [0.717, 1.165) is 17.8 Å². The van der Waals surface area contributed by atoms with Gasteiger partial charge in [-0.3, -0.25) is 19.8 Å². The van der Waals surface area contributed by atoms with Gasteiger partial charge in [0.15, 0.2) is 5.11 Å². The quantitative estimate of drug-likeness (QED) is 0.288. The summed E-state index contributed by atoms with van der Waals surface area (Å²) in [6.07, 6.45) is -2.98. The Balaban J connectivity index is 1.72. The van der Waals surface area contributed by atoms with Gasteiger partial charge in [0.05, 0.1) is 11.3 Å². The maximum atomic E-state index is 13.2. The highest BCUT2D eigenvalue weighted by Gasteiger charge is 2.35. The Bertz CT molecular complexity index is 1340. The summed E-state index contributed by atoms with van der Waals surface area (Å²) in [5, 5.41) is 2.95. The van der Waals surface area contributed by atoms with Gasteiger partial charge in [0, 0.05) is 22.1 Å². The number of thiocarbonyl (C=S) groups is 1. The fourth-order valence-corrected chi connectivity index (χ4v) is 4.18. The number of aromatic nitrogens is 1. The van der Waals surface area contributed by atoms with Crippen LogP contribution >= 0.6 is 23.8 Å². The van der Waals surface area contributed by atoms with E-state index in [-0.39, 0.29) is 10.7 Å². The number of aryl methyl sites for hydroxylation is 1. The van der Waals surface area contributed by atoms with Crippen LogP contribution in [0.5, 0.6) is 0 Å². The standard InChI is InChI=1S/C24H17ClF3N3O2S/c1-13-11-15(14(2)30(13)18-7-3-16(4-8-18)24(26,27)28)12-20-21(32)29-23(34)31(22(20)33)19-9-5-17(25)6-10-19/h3-12H,1-2H3,(H,29,32,34)/b20-12+. The van der Waals surface area contributed by atoms with Crippen LogP contribution in [0.15, 0.2) is 60.2 Å². The van der Waals surface area contributed by atoms with Crippen LogP contribution in [0.25, 0.3) is 11.8 Å². The third-order valence-corrected chi connectivity index (χ3v) is 5.95. The molecule has 1 aliphatic rings. The van der Waals surface area contributed by atoms with Crippen molar-refractivity contribution in [1.29, 1.82) is 0 Å². The highest BCUT2D eigenvalue weighted by atomic mass is 35.5. The van der Waals surface area contributed by atoms with E-state index in [4.69, 9.17) is 23.8 Å². The fraction of sp³-hybridized carbons (Fsp3) is 0.125. The maximum Gasteiger partial charge on any atom is 0.416 e. The Morgan fingerprint density at radius 1 is 0.971 bits per heavy atom. The SMILES string of the molecule is Cc1cc(/C=C2\C(=O)NC(=S)N(c3ccc(Cl)cc3)C2=O)c(C)n1-c1ccc(C(F)(F)F)cc1. The largest absolute Gasteiger partial charge is 0.416 e. The second-order valence-electron chi connectivity index (χ2n) is 7.64. The molecular formula is C24H17ClF3N3O2S. The number of carbonyl (C=O) groups is 2. The zero-order valence-electron chi connectivity index (χ0n) is 17.9. The Kier molecular flexibility index (Phi) is 6.09. The van der Waals surface area contributed by atoms with Crippen molar-refractivity contribution in [2.45, 2.75) is 20.0 Å². The molecule has 1 saturated heterocycles. The number of nitrogens with zero attached hydrogens (tertiary/aromatic N) is 2. The number of nitrogens with one attached hydrogen (secondary N) is 1. The Morgan fingerprint density at radius 3 is 2.15 bits per heavy atom. The molecule has 4 rings (SSSR count). The molecule has 1 fully saturated rings. The fourth-order valence-electron chi connectivity index (χ4n) is 3.77. The number of alkyl halides is 3. The van der Waals surface area contributed by atoms with E-state index in [2.05, 4.69) is 5.32 Å². The molecule has 0 bridgehead atoms. The second kappa shape index (κ2) is 8.73. The number of amides is 2. The first-order chi connectivity index (χ1) is 16.0. The van der Waals surface area contributed by atoms with Crippen molar-refractivity contribution in [3.05, 3.63) is 87.7 Å². The molecule has 174 valence electrons. The first kappa shape index (κ1) is 23.7. The van der Waals surface area contributed by atoms with Crippen LogP contribution in [0.2, 0.25) is 5.02 Å². The summed E-state index contributed by atoms with van der Waals surface area (Å²) in [6, 6.07) is 12.9. The van der Waals surface area contributed by atoms with Crippen LogP contribution in [-0.2, 0) is 15.8 Å². The van der Waals surface area contributed by atoms with E-state index in [0.29, 0.717) is 27.7 Å². The predicted molar refractivity (Wildman–Crippen MR) is 128 cm³/mol. The lowest BCUT2D eigenvalue weighted by Gasteiger charge is -2.28. The molecule has 0 saturated carbocycles. The molecule has 0 atom stereocenters. The Morgan fingerprint density at radius 2 is 1.56 bits per heavy atom. The van der Waals surface area contributed by atoms with Crippen LogP contribution in [-0.4, -0.2) is 21.5 Å². The van der Waals surface area contributed by atoms with Gasteiger partial charge in [-0.2, -0.15) is 13.2 Å². The molecule has 5 nitrogen and oxygen atoms in total. The van der Waals surface area contributed by atoms with Crippen molar-refractivity contribution in [2.75, 3.05) is 4.90 Å². The summed E-state index contributed by atoms with van der Waals surface area (Å²) < 4.78 is 40.5. The van der Waals surface area contributed by atoms with Gasteiger partial charge in [0.2, 0.25) is 0 Å². The number of anilines is 1. The molecule has 10 heteroatoms. The van der Waals surface area contributed by atoms with Crippen LogP contribution < -0.4 is 10.2 Å². The zero-order valence-corrected chi connectivity index (χ0v) is 19.5. The van der Waals surface area contributed by atoms with Crippen molar-refractivity contribution >= 4 is 52.5 Å². The van der Waals surface area contributed by atoms with Crippen molar-refractivity contribution in [1.82, 2.24) is 9.88 Å². The summed E-state index contributed by atoms with van der Waals surface area (Å²) in [5.74, 6) is -1.24. The van der Waals surface area contributed by atoms with E-state index in [9.17, 15) is 22.8 Å². The van der Waals surface area contributed by atoms with E-state index >= 15 is 0 Å². The minimum absolute atomic E-state index is 0.0512. The lowest BCUT2D eigenvalue weighted by Crippen LogP contribution is -2.54. The minimum Gasteiger partial charge on any atom is -0.318 e. The molecule has 2 amide bonds. The summed E-state index contributed by atoms with van der Waals surface area (Å²) in [7, 11) is 0. The highest BCUT2D eigenvalue weighted by molar-refractivity contribution is 7.80. The molecule has 2 heterocycles. The van der Waals surface area contributed by atoms with Gasteiger partial charge in [-0.05, 0) is 92.3 Å². The topological polar surface area (TPSA) is 54.3 Å². The van der Waals surface area contributed by atoms with Gasteiger partial charge in [-0.15, -0.1) is 0 Å². The average Bonchev–Trinajstić information content (AvgIpc) is 3.04. The van der Waals surface area contributed by atoms with Crippen LogP contribution in [0.4, 0.5) is 18.9 Å². The summed E-state index contributed by atoms with van der Waals surface area (Å²) in [6.45, 7) is 3.54. The van der Waals surface area contributed by atoms with Gasteiger partial charge < -0.3 is 4.57 Å². The number of hydrogen-bond donors (Lipinski definition) is 1. The summed E-state index contributed by atoms with van der Waals surface area (Å²) >= 11 is 11.1. The van der Waals surface area contributed by atoms with E-state index in [1.165, 1.54) is 23.1 Å². The third kappa shape index (κ3) is 4.36. The maximum absolute atomic E-state index is 13.2. The number of carbonyl (C=O) groups excluding carboxylic acids is 2. The van der Waals surface area contributed by atoms with Crippen molar-refractivity contribution in [2.24, 2.45) is 0 Å². The lowest BCUT2D eigenvalue weighted by atomic mass is 10.1. The first-order valence-electron chi connectivity index (χ1n) is 10.0. The average molecular weight is 504 g/mol. The normalized spacial score (nSPS) is 15.8. The molecule has 2 aromatic carbocycles. The van der Waals surface area contributed by atoms with Gasteiger partial charge in [0.25, 0.3) is 11.8 Å². The monoisotopic (exact) mass is 503 g/mol. The van der Waals surface area contributed by atoms with Crippen molar-refractivity contribution in [3.8, 4) is 5.69 Å². The lowest BCUT2D eigenvalue weighted by molar-refractivity contribution is -0.137. The first-order valence-corrected chi connectivity index (χ1v) is 10.8. The van der Waals surface area contributed by atoms with E-state index < -0.39 is 23.6 Å². The Labute approximate surface area is 203 Å².